The zero-order valence-corrected chi connectivity index (χ0v) is 11.7. The predicted molar refractivity (Wildman–Crippen MR) is 70.0 cm³/mol. The number of ether oxygens (including phenoxy) is 1. The van der Waals surface area contributed by atoms with Crippen LogP contribution in [-0.4, -0.2) is 31.3 Å². The smallest absolute Gasteiger partial charge is 0.225 e. The molecule has 0 aromatic heterocycles. The summed E-state index contributed by atoms with van der Waals surface area (Å²) in [7, 11) is 1.48. The van der Waals surface area contributed by atoms with E-state index in [1.165, 1.54) is 14.0 Å². The molecule has 0 saturated heterocycles. The van der Waals surface area contributed by atoms with Crippen LogP contribution in [0.1, 0.15) is 19.4 Å². The van der Waals surface area contributed by atoms with Crippen molar-refractivity contribution in [1.29, 1.82) is 0 Å². The lowest BCUT2D eigenvalue weighted by atomic mass is 9.95. The first-order chi connectivity index (χ1) is 9.27. The standard InChI is InChI=1S/C14H19F2NO3/c1-9(7-20-3)13(18)17-8-14(2,19)11-5-4-10(15)6-12(11)16/h4-6,9,19H,7-8H2,1-3H3,(H,17,18). The van der Waals surface area contributed by atoms with E-state index in [9.17, 15) is 18.7 Å². The Labute approximate surface area is 116 Å². The van der Waals surface area contributed by atoms with Crippen molar-refractivity contribution in [3.05, 3.63) is 35.4 Å². The van der Waals surface area contributed by atoms with Gasteiger partial charge in [0.1, 0.15) is 17.2 Å². The summed E-state index contributed by atoms with van der Waals surface area (Å²) >= 11 is 0. The first-order valence-corrected chi connectivity index (χ1v) is 6.22. The fraction of sp³-hybridized carbons (Fsp3) is 0.500. The molecule has 2 N–H and O–H groups in total. The van der Waals surface area contributed by atoms with Crippen LogP contribution in [0, 0.1) is 17.6 Å². The van der Waals surface area contributed by atoms with Crippen LogP contribution in [0.2, 0.25) is 0 Å². The van der Waals surface area contributed by atoms with Crippen LogP contribution in [0.4, 0.5) is 8.78 Å². The van der Waals surface area contributed by atoms with Crippen molar-refractivity contribution < 1.29 is 23.4 Å². The summed E-state index contributed by atoms with van der Waals surface area (Å²) in [4.78, 5) is 11.7. The zero-order chi connectivity index (χ0) is 15.3. The van der Waals surface area contributed by atoms with Gasteiger partial charge in [-0.3, -0.25) is 4.79 Å². The Morgan fingerprint density at radius 3 is 2.70 bits per heavy atom. The number of nitrogens with one attached hydrogen (secondary N) is 1. The van der Waals surface area contributed by atoms with Gasteiger partial charge in [0.15, 0.2) is 0 Å². The first-order valence-electron chi connectivity index (χ1n) is 6.22. The van der Waals surface area contributed by atoms with E-state index in [-0.39, 0.29) is 30.5 Å². The number of carbonyl (C=O) groups is 1. The molecular formula is C14H19F2NO3. The van der Waals surface area contributed by atoms with Gasteiger partial charge in [-0.2, -0.15) is 0 Å². The van der Waals surface area contributed by atoms with Crippen LogP contribution < -0.4 is 5.32 Å². The van der Waals surface area contributed by atoms with Gasteiger partial charge < -0.3 is 15.2 Å². The molecule has 0 fully saturated rings. The minimum Gasteiger partial charge on any atom is -0.384 e. The molecule has 20 heavy (non-hydrogen) atoms. The minimum absolute atomic E-state index is 0.0707. The topological polar surface area (TPSA) is 58.6 Å². The van der Waals surface area contributed by atoms with E-state index in [0.29, 0.717) is 6.07 Å². The Balaban J connectivity index is 2.72. The molecule has 6 heteroatoms. The average Bonchev–Trinajstić information content (AvgIpc) is 2.35. The Bertz CT molecular complexity index is 477. The SMILES string of the molecule is COCC(C)C(=O)NCC(C)(O)c1ccc(F)cc1F. The number of amides is 1. The van der Waals surface area contributed by atoms with Crippen molar-refractivity contribution >= 4 is 5.91 Å². The van der Waals surface area contributed by atoms with Crippen molar-refractivity contribution in [1.82, 2.24) is 5.32 Å². The zero-order valence-electron chi connectivity index (χ0n) is 11.7. The number of carbonyl (C=O) groups excluding carboxylic acids is 1. The van der Waals surface area contributed by atoms with Crippen LogP contribution >= 0.6 is 0 Å². The van der Waals surface area contributed by atoms with Crippen LogP contribution in [-0.2, 0) is 15.1 Å². The molecule has 112 valence electrons. The van der Waals surface area contributed by atoms with E-state index in [2.05, 4.69) is 5.32 Å². The van der Waals surface area contributed by atoms with Gasteiger partial charge in [0.05, 0.1) is 19.1 Å². The summed E-state index contributed by atoms with van der Waals surface area (Å²) in [6.07, 6.45) is 0. The van der Waals surface area contributed by atoms with Crippen molar-refractivity contribution in [2.24, 2.45) is 5.92 Å². The lowest BCUT2D eigenvalue weighted by Crippen LogP contribution is -2.41. The molecule has 1 amide bonds. The molecule has 0 spiro atoms. The quantitative estimate of drug-likeness (QED) is 0.835. The van der Waals surface area contributed by atoms with Crippen molar-refractivity contribution in [2.45, 2.75) is 19.4 Å². The third kappa shape index (κ3) is 4.25. The van der Waals surface area contributed by atoms with Crippen molar-refractivity contribution in [3.63, 3.8) is 0 Å². The molecule has 0 saturated carbocycles. The highest BCUT2D eigenvalue weighted by molar-refractivity contribution is 5.78. The van der Waals surface area contributed by atoms with Crippen molar-refractivity contribution in [3.8, 4) is 0 Å². The molecule has 1 aromatic rings. The largest absolute Gasteiger partial charge is 0.384 e. The minimum atomic E-state index is -1.62. The van der Waals surface area contributed by atoms with Crippen LogP contribution in [0.15, 0.2) is 18.2 Å². The fourth-order valence-electron chi connectivity index (χ4n) is 1.78. The van der Waals surface area contributed by atoms with Gasteiger partial charge in [-0.15, -0.1) is 0 Å². The summed E-state index contributed by atoms with van der Waals surface area (Å²) < 4.78 is 31.3. The molecular weight excluding hydrogens is 268 g/mol. The molecule has 2 atom stereocenters. The van der Waals surface area contributed by atoms with Gasteiger partial charge in [0, 0.05) is 18.7 Å². The Hall–Kier alpha value is -1.53. The second kappa shape index (κ2) is 6.76. The molecule has 1 aromatic carbocycles. The Kier molecular flexibility index (Phi) is 5.59. The van der Waals surface area contributed by atoms with E-state index in [0.717, 1.165) is 12.1 Å². The number of aliphatic hydroxyl groups is 1. The van der Waals surface area contributed by atoms with Crippen LogP contribution in [0.3, 0.4) is 0 Å². The fourth-order valence-corrected chi connectivity index (χ4v) is 1.78. The maximum Gasteiger partial charge on any atom is 0.225 e. The molecule has 0 aliphatic carbocycles. The lowest BCUT2D eigenvalue weighted by Gasteiger charge is -2.25. The summed E-state index contributed by atoms with van der Waals surface area (Å²) in [6, 6.07) is 2.91. The number of halogens is 2. The molecule has 0 radical (unpaired) electrons. The van der Waals surface area contributed by atoms with E-state index in [4.69, 9.17) is 4.74 Å². The van der Waals surface area contributed by atoms with Crippen LogP contribution in [0.5, 0.6) is 0 Å². The van der Waals surface area contributed by atoms with E-state index in [1.54, 1.807) is 6.92 Å². The number of benzene rings is 1. The monoisotopic (exact) mass is 287 g/mol. The van der Waals surface area contributed by atoms with E-state index < -0.39 is 17.2 Å². The van der Waals surface area contributed by atoms with Gasteiger partial charge in [-0.1, -0.05) is 13.0 Å². The summed E-state index contributed by atoms with van der Waals surface area (Å²) in [5, 5.41) is 12.7. The van der Waals surface area contributed by atoms with Crippen LogP contribution in [0.25, 0.3) is 0 Å². The first kappa shape index (κ1) is 16.5. The van der Waals surface area contributed by atoms with Gasteiger partial charge >= 0.3 is 0 Å². The third-order valence-corrected chi connectivity index (χ3v) is 2.98. The second-order valence-electron chi connectivity index (χ2n) is 4.97. The van der Waals surface area contributed by atoms with Gasteiger partial charge in [-0.05, 0) is 13.0 Å². The molecule has 0 aliphatic heterocycles. The third-order valence-electron chi connectivity index (χ3n) is 2.98. The molecule has 4 nitrogen and oxygen atoms in total. The highest BCUT2D eigenvalue weighted by atomic mass is 19.1. The van der Waals surface area contributed by atoms with E-state index in [1.807, 2.05) is 0 Å². The van der Waals surface area contributed by atoms with Gasteiger partial charge in [0.25, 0.3) is 0 Å². The summed E-state index contributed by atoms with van der Waals surface area (Å²) in [5.74, 6) is -2.27. The number of methoxy groups -OCH3 is 1. The number of hydrogen-bond donors (Lipinski definition) is 2. The molecule has 0 heterocycles. The molecule has 2 unspecified atom stereocenters. The lowest BCUT2D eigenvalue weighted by molar-refractivity contribution is -0.127. The summed E-state index contributed by atoms with van der Waals surface area (Å²) in [6.45, 7) is 3.10. The number of rotatable bonds is 6. The molecule has 0 aliphatic rings. The van der Waals surface area contributed by atoms with Crippen molar-refractivity contribution in [2.75, 3.05) is 20.3 Å². The summed E-state index contributed by atoms with van der Waals surface area (Å²) in [5.41, 5.74) is -1.70. The predicted octanol–water partition coefficient (Wildman–Crippen LogP) is 1.57. The highest BCUT2D eigenvalue weighted by Gasteiger charge is 2.28. The average molecular weight is 287 g/mol. The van der Waals surface area contributed by atoms with E-state index >= 15 is 0 Å². The highest BCUT2D eigenvalue weighted by Crippen LogP contribution is 2.23. The Morgan fingerprint density at radius 1 is 1.50 bits per heavy atom. The number of hydrogen-bond acceptors (Lipinski definition) is 3. The van der Waals surface area contributed by atoms with Gasteiger partial charge in [-0.25, -0.2) is 8.78 Å². The van der Waals surface area contributed by atoms with Gasteiger partial charge in [0.2, 0.25) is 5.91 Å². The second-order valence-corrected chi connectivity index (χ2v) is 4.97. The maximum absolute atomic E-state index is 13.6. The maximum atomic E-state index is 13.6. The molecule has 0 bridgehead atoms. The molecule has 1 rings (SSSR count). The Morgan fingerprint density at radius 2 is 2.15 bits per heavy atom. The normalized spacial score (nSPS) is 15.5.